The minimum atomic E-state index is -0.223. The number of fused-ring (bicyclic) bond motifs is 1. The summed E-state index contributed by atoms with van der Waals surface area (Å²) in [5.74, 6) is 1.28. The molecule has 7 nitrogen and oxygen atoms in total. The summed E-state index contributed by atoms with van der Waals surface area (Å²) in [6.45, 7) is 2.54. The Labute approximate surface area is 220 Å². The lowest BCUT2D eigenvalue weighted by atomic mass is 10.1. The van der Waals surface area contributed by atoms with Gasteiger partial charge in [0.05, 0.1) is 16.8 Å². The lowest BCUT2D eigenvalue weighted by Crippen LogP contribution is -2.23. The first-order chi connectivity index (χ1) is 18.1. The molecule has 0 bridgehead atoms. The first-order valence-electron chi connectivity index (χ1n) is 11.6. The Hall–Kier alpha value is -4.27. The van der Waals surface area contributed by atoms with Crippen molar-refractivity contribution < 1.29 is 4.74 Å². The Morgan fingerprint density at radius 3 is 2.38 bits per heavy atom. The van der Waals surface area contributed by atoms with Gasteiger partial charge in [-0.2, -0.15) is 14.6 Å². The van der Waals surface area contributed by atoms with Crippen molar-refractivity contribution >= 4 is 34.0 Å². The topological polar surface area (TPSA) is 74.3 Å². The fourth-order valence-corrected chi connectivity index (χ4v) is 5.03. The molecular formula is C28H20ClN5O2S. The number of rotatable bonds is 6. The third kappa shape index (κ3) is 4.52. The number of benzene rings is 3. The van der Waals surface area contributed by atoms with Gasteiger partial charge in [0.2, 0.25) is 4.96 Å². The lowest BCUT2D eigenvalue weighted by molar-refractivity contribution is 0.340. The molecule has 3 heterocycles. The molecule has 0 unspecified atom stereocenters. The molecule has 0 aliphatic rings. The van der Waals surface area contributed by atoms with E-state index < -0.39 is 0 Å². The van der Waals surface area contributed by atoms with Gasteiger partial charge in [-0.1, -0.05) is 53.3 Å². The fourth-order valence-electron chi connectivity index (χ4n) is 4.00. The SMILES string of the molecule is CCOc1ccc(-c2nc3s/c(=C\c4cn(-c5ccccc5)nc4-c4ccc(Cl)cc4)c(=O)n3n2)cc1. The Morgan fingerprint density at radius 2 is 1.68 bits per heavy atom. The van der Waals surface area contributed by atoms with E-state index in [1.54, 1.807) is 4.68 Å². The van der Waals surface area contributed by atoms with Crippen LogP contribution >= 0.6 is 22.9 Å². The molecule has 3 aromatic heterocycles. The van der Waals surface area contributed by atoms with Crippen LogP contribution in [0.2, 0.25) is 5.02 Å². The molecule has 0 saturated carbocycles. The zero-order chi connectivity index (χ0) is 25.4. The quantitative estimate of drug-likeness (QED) is 0.296. The van der Waals surface area contributed by atoms with Crippen LogP contribution in [0.3, 0.4) is 0 Å². The largest absolute Gasteiger partial charge is 0.494 e. The van der Waals surface area contributed by atoms with Crippen LogP contribution in [0.5, 0.6) is 5.75 Å². The first kappa shape index (κ1) is 23.1. The van der Waals surface area contributed by atoms with Crippen molar-refractivity contribution in [1.82, 2.24) is 24.4 Å². The summed E-state index contributed by atoms with van der Waals surface area (Å²) >= 11 is 7.40. The Balaban J connectivity index is 1.43. The molecule has 0 atom stereocenters. The van der Waals surface area contributed by atoms with Gasteiger partial charge in [-0.05, 0) is 61.5 Å². The van der Waals surface area contributed by atoms with Gasteiger partial charge in [0.25, 0.3) is 5.56 Å². The molecule has 0 saturated heterocycles. The van der Waals surface area contributed by atoms with E-state index in [9.17, 15) is 4.79 Å². The summed E-state index contributed by atoms with van der Waals surface area (Å²) in [5, 5.41) is 9.93. The maximum Gasteiger partial charge on any atom is 0.291 e. The maximum atomic E-state index is 13.3. The number of hydrogen-bond acceptors (Lipinski definition) is 6. The summed E-state index contributed by atoms with van der Waals surface area (Å²) in [7, 11) is 0. The summed E-state index contributed by atoms with van der Waals surface area (Å²) in [5.41, 5.74) is 3.96. The van der Waals surface area contributed by atoms with Crippen molar-refractivity contribution in [3.8, 4) is 34.1 Å². The minimum Gasteiger partial charge on any atom is -0.494 e. The van der Waals surface area contributed by atoms with Crippen LogP contribution in [-0.2, 0) is 0 Å². The van der Waals surface area contributed by atoms with E-state index in [0.29, 0.717) is 26.9 Å². The van der Waals surface area contributed by atoms with E-state index in [4.69, 9.17) is 21.4 Å². The van der Waals surface area contributed by atoms with E-state index in [0.717, 1.165) is 33.8 Å². The number of hydrogen-bond donors (Lipinski definition) is 0. The number of aromatic nitrogens is 5. The molecule has 6 rings (SSSR count). The van der Waals surface area contributed by atoms with E-state index in [2.05, 4.69) is 10.1 Å². The highest BCUT2D eigenvalue weighted by atomic mass is 35.5. The van der Waals surface area contributed by atoms with Crippen molar-refractivity contribution in [2.24, 2.45) is 0 Å². The molecule has 0 aliphatic heterocycles. The van der Waals surface area contributed by atoms with Gasteiger partial charge >= 0.3 is 0 Å². The highest BCUT2D eigenvalue weighted by molar-refractivity contribution is 7.15. The molecule has 0 aliphatic carbocycles. The molecule has 9 heteroatoms. The Kier molecular flexibility index (Phi) is 6.04. The van der Waals surface area contributed by atoms with Crippen LogP contribution in [0.15, 0.2) is 89.9 Å². The average molecular weight is 526 g/mol. The standard InChI is InChI=1S/C28H20ClN5O2S/c1-2-36-23-14-10-19(11-15-23)26-30-28-34(32-26)27(35)24(37-28)16-20-17-33(22-6-4-3-5-7-22)31-25(20)18-8-12-21(29)13-9-18/h3-17H,2H2,1H3/b24-16-. The van der Waals surface area contributed by atoms with Crippen molar-refractivity contribution in [2.45, 2.75) is 6.92 Å². The number of para-hydroxylation sites is 1. The first-order valence-corrected chi connectivity index (χ1v) is 12.8. The molecule has 6 aromatic rings. The van der Waals surface area contributed by atoms with Gasteiger partial charge < -0.3 is 4.74 Å². The molecule has 0 fully saturated rings. The molecule has 3 aromatic carbocycles. The van der Waals surface area contributed by atoms with Crippen molar-refractivity contribution in [1.29, 1.82) is 0 Å². The van der Waals surface area contributed by atoms with Crippen LogP contribution in [0, 0.1) is 0 Å². The summed E-state index contributed by atoms with van der Waals surface area (Å²) in [4.78, 5) is 18.4. The second kappa shape index (κ2) is 9.65. The van der Waals surface area contributed by atoms with Crippen LogP contribution in [0.25, 0.3) is 39.4 Å². The van der Waals surface area contributed by atoms with Gasteiger partial charge in [0, 0.05) is 27.9 Å². The molecule has 0 spiro atoms. The molecule has 0 amide bonds. The second-order valence-corrected chi connectivity index (χ2v) is 9.67. The van der Waals surface area contributed by atoms with Gasteiger partial charge in [-0.3, -0.25) is 4.79 Å². The third-order valence-corrected chi connectivity index (χ3v) is 6.98. The minimum absolute atomic E-state index is 0.223. The van der Waals surface area contributed by atoms with Crippen LogP contribution in [-0.4, -0.2) is 31.0 Å². The van der Waals surface area contributed by atoms with E-state index in [1.807, 2.05) is 98.1 Å². The number of thiazole rings is 1. The summed E-state index contributed by atoms with van der Waals surface area (Å²) in [6, 6.07) is 24.8. The van der Waals surface area contributed by atoms with Gasteiger partial charge in [0.1, 0.15) is 11.4 Å². The Morgan fingerprint density at radius 1 is 0.946 bits per heavy atom. The zero-order valence-electron chi connectivity index (χ0n) is 19.7. The third-order valence-electron chi connectivity index (χ3n) is 5.77. The predicted molar refractivity (Wildman–Crippen MR) is 147 cm³/mol. The van der Waals surface area contributed by atoms with Crippen LogP contribution < -0.4 is 14.8 Å². The van der Waals surface area contributed by atoms with Crippen LogP contribution in [0.1, 0.15) is 12.5 Å². The van der Waals surface area contributed by atoms with Gasteiger partial charge in [-0.25, -0.2) is 4.68 Å². The predicted octanol–water partition coefficient (Wildman–Crippen LogP) is 5.27. The molecule has 37 heavy (non-hydrogen) atoms. The summed E-state index contributed by atoms with van der Waals surface area (Å²) < 4.78 is 9.18. The van der Waals surface area contributed by atoms with Crippen molar-refractivity contribution in [3.63, 3.8) is 0 Å². The van der Waals surface area contributed by atoms with Crippen LogP contribution in [0.4, 0.5) is 0 Å². The lowest BCUT2D eigenvalue weighted by Gasteiger charge is -2.02. The highest BCUT2D eigenvalue weighted by Gasteiger charge is 2.15. The monoisotopic (exact) mass is 525 g/mol. The van der Waals surface area contributed by atoms with E-state index >= 15 is 0 Å². The number of ether oxygens (including phenoxy) is 1. The smallest absolute Gasteiger partial charge is 0.291 e. The zero-order valence-corrected chi connectivity index (χ0v) is 21.3. The average Bonchev–Trinajstić information content (AvgIpc) is 3.61. The number of halogens is 1. The van der Waals surface area contributed by atoms with Gasteiger partial charge in [-0.15, -0.1) is 5.10 Å². The normalized spacial score (nSPS) is 11.9. The summed E-state index contributed by atoms with van der Waals surface area (Å²) in [6.07, 6.45) is 3.76. The maximum absolute atomic E-state index is 13.3. The molecule has 0 N–H and O–H groups in total. The molecule has 0 radical (unpaired) electrons. The Bertz CT molecular complexity index is 1810. The van der Waals surface area contributed by atoms with Crippen molar-refractivity contribution in [2.75, 3.05) is 6.61 Å². The van der Waals surface area contributed by atoms with E-state index in [1.165, 1.54) is 15.9 Å². The highest BCUT2D eigenvalue weighted by Crippen LogP contribution is 2.26. The fraction of sp³-hybridized carbons (Fsp3) is 0.0714. The van der Waals surface area contributed by atoms with Crippen molar-refractivity contribution in [3.05, 3.63) is 111 Å². The second-order valence-electron chi connectivity index (χ2n) is 8.22. The molecule has 182 valence electrons. The van der Waals surface area contributed by atoms with E-state index in [-0.39, 0.29) is 5.56 Å². The molecular weight excluding hydrogens is 506 g/mol. The van der Waals surface area contributed by atoms with Gasteiger partial charge in [0.15, 0.2) is 5.82 Å². The number of nitrogens with zero attached hydrogens (tertiary/aromatic N) is 5.